The van der Waals surface area contributed by atoms with Crippen LogP contribution in [0.25, 0.3) is 16.8 Å². The average Bonchev–Trinajstić information content (AvgIpc) is 3.64. The molecule has 42 heavy (non-hydrogen) atoms. The number of aryl methyl sites for hydroxylation is 1. The Morgan fingerprint density at radius 2 is 1.83 bits per heavy atom. The lowest BCUT2D eigenvalue weighted by Crippen LogP contribution is -2.52. The number of aromatic nitrogens is 3. The number of anilines is 1. The SMILES string of the molecule is Cc1ccc(F)cc1C(=O)NCc1ccc(-c2nc(C34CCC(NC(=O)C(C)(C)O)(CC3)C4)n3ccnc(N)c23)cc1. The highest BCUT2D eigenvalue weighted by Crippen LogP contribution is 2.57. The molecule has 2 fully saturated rings. The summed E-state index contributed by atoms with van der Waals surface area (Å²) >= 11 is 0. The number of nitrogen functional groups attached to an aromatic ring is 1. The van der Waals surface area contributed by atoms with E-state index in [9.17, 15) is 19.1 Å². The Bertz CT molecular complexity index is 1700. The third kappa shape index (κ3) is 4.79. The first-order valence-electron chi connectivity index (χ1n) is 14.2. The summed E-state index contributed by atoms with van der Waals surface area (Å²) in [6.45, 7) is 5.07. The molecule has 4 aromatic rings. The van der Waals surface area contributed by atoms with Crippen molar-refractivity contribution in [3.63, 3.8) is 0 Å². The number of fused-ring (bicyclic) bond motifs is 3. The molecule has 218 valence electrons. The first-order chi connectivity index (χ1) is 19.9. The number of nitrogens with zero attached hydrogens (tertiary/aromatic N) is 3. The number of hydrogen-bond donors (Lipinski definition) is 4. The van der Waals surface area contributed by atoms with Gasteiger partial charge in [0.05, 0.1) is 0 Å². The molecule has 2 aliphatic carbocycles. The Kier molecular flexibility index (Phi) is 6.57. The van der Waals surface area contributed by atoms with Gasteiger partial charge in [-0.05, 0) is 76.1 Å². The molecule has 2 amide bonds. The lowest BCUT2D eigenvalue weighted by atomic mass is 9.83. The van der Waals surface area contributed by atoms with Crippen LogP contribution in [-0.4, -0.2) is 42.4 Å². The smallest absolute Gasteiger partial charge is 0.251 e. The van der Waals surface area contributed by atoms with Crippen molar-refractivity contribution in [3.8, 4) is 11.3 Å². The largest absolute Gasteiger partial charge is 0.382 e. The third-order valence-corrected chi connectivity index (χ3v) is 8.96. The Hall–Kier alpha value is -4.31. The maximum absolute atomic E-state index is 13.7. The third-order valence-electron chi connectivity index (χ3n) is 8.96. The molecule has 0 saturated heterocycles. The maximum atomic E-state index is 13.7. The Morgan fingerprint density at radius 1 is 1.12 bits per heavy atom. The van der Waals surface area contributed by atoms with Gasteiger partial charge < -0.3 is 21.5 Å². The molecule has 0 unspecified atom stereocenters. The van der Waals surface area contributed by atoms with E-state index in [2.05, 4.69) is 15.6 Å². The van der Waals surface area contributed by atoms with Gasteiger partial charge in [-0.1, -0.05) is 30.3 Å². The van der Waals surface area contributed by atoms with E-state index in [0.29, 0.717) is 16.9 Å². The molecule has 0 aliphatic heterocycles. The zero-order valence-electron chi connectivity index (χ0n) is 24.0. The van der Waals surface area contributed by atoms with Crippen LogP contribution in [0.2, 0.25) is 0 Å². The summed E-state index contributed by atoms with van der Waals surface area (Å²) in [5.74, 6) is 0.142. The van der Waals surface area contributed by atoms with E-state index in [-0.39, 0.29) is 29.3 Å². The molecule has 0 spiro atoms. The van der Waals surface area contributed by atoms with Gasteiger partial charge in [0, 0.05) is 41.0 Å². The molecule has 2 aliphatic rings. The normalized spacial score (nSPS) is 21.5. The van der Waals surface area contributed by atoms with E-state index >= 15 is 0 Å². The standard InChI is InChI=1S/C32H35FN6O3/c1-19-4-9-22(33)16-23(19)27(40)36-17-20-5-7-21(8-6-20)24-25-26(34)35-14-15-39(25)28(37-24)31-10-12-32(18-31,13-11-31)38-29(41)30(2,3)42/h4-9,14-16,42H,10-13,17-18H2,1-3H3,(H2,34,35)(H,36,40)(H,38,41). The van der Waals surface area contributed by atoms with Gasteiger partial charge in [-0.2, -0.15) is 0 Å². The monoisotopic (exact) mass is 570 g/mol. The van der Waals surface area contributed by atoms with Crippen molar-refractivity contribution in [2.45, 2.75) is 76.0 Å². The van der Waals surface area contributed by atoms with E-state index in [1.807, 2.05) is 34.9 Å². The van der Waals surface area contributed by atoms with Crippen molar-refractivity contribution < 1.29 is 19.1 Å². The van der Waals surface area contributed by atoms with Crippen LogP contribution in [0, 0.1) is 12.7 Å². The van der Waals surface area contributed by atoms with E-state index < -0.39 is 11.4 Å². The van der Waals surface area contributed by atoms with Crippen LogP contribution < -0.4 is 16.4 Å². The second kappa shape index (κ2) is 9.90. The number of benzene rings is 2. The van der Waals surface area contributed by atoms with Gasteiger partial charge in [-0.3, -0.25) is 14.0 Å². The number of nitrogens with one attached hydrogen (secondary N) is 2. The number of carbonyl (C=O) groups excluding carboxylic acids is 2. The van der Waals surface area contributed by atoms with E-state index in [4.69, 9.17) is 10.7 Å². The molecule has 9 nitrogen and oxygen atoms in total. The number of hydrogen-bond acceptors (Lipinski definition) is 6. The molecule has 2 heterocycles. The fourth-order valence-corrected chi connectivity index (χ4v) is 6.61. The summed E-state index contributed by atoms with van der Waals surface area (Å²) < 4.78 is 15.7. The topological polar surface area (TPSA) is 135 Å². The Balaban J connectivity index is 1.26. The first kappa shape index (κ1) is 27.8. The zero-order chi connectivity index (χ0) is 29.9. The second-order valence-electron chi connectivity index (χ2n) is 12.4. The molecule has 0 radical (unpaired) electrons. The predicted molar refractivity (Wildman–Crippen MR) is 157 cm³/mol. The van der Waals surface area contributed by atoms with Crippen LogP contribution in [0.1, 0.15) is 73.3 Å². The number of rotatable bonds is 7. The highest BCUT2D eigenvalue weighted by atomic mass is 19.1. The van der Waals surface area contributed by atoms with Gasteiger partial charge in [0.25, 0.3) is 11.8 Å². The van der Waals surface area contributed by atoms with Crippen molar-refractivity contribution in [2.75, 3.05) is 5.73 Å². The van der Waals surface area contributed by atoms with E-state index in [1.54, 1.807) is 19.2 Å². The summed E-state index contributed by atoms with van der Waals surface area (Å²) in [5, 5.41) is 16.2. The number of nitrogens with two attached hydrogens (primary N) is 1. The molecular formula is C32H35FN6O3. The number of amides is 2. The summed E-state index contributed by atoms with van der Waals surface area (Å²) in [4.78, 5) is 34.8. The van der Waals surface area contributed by atoms with Crippen molar-refractivity contribution in [1.82, 2.24) is 25.0 Å². The van der Waals surface area contributed by atoms with Crippen molar-refractivity contribution in [3.05, 3.63) is 83.2 Å². The van der Waals surface area contributed by atoms with Crippen molar-refractivity contribution in [2.24, 2.45) is 0 Å². The highest BCUT2D eigenvalue weighted by molar-refractivity contribution is 5.95. The molecule has 2 aromatic carbocycles. The molecule has 2 aromatic heterocycles. The van der Waals surface area contributed by atoms with Gasteiger partial charge in [0.1, 0.15) is 34.3 Å². The Labute approximate surface area is 243 Å². The lowest BCUT2D eigenvalue weighted by molar-refractivity contribution is -0.138. The van der Waals surface area contributed by atoms with E-state index in [1.165, 1.54) is 26.0 Å². The van der Waals surface area contributed by atoms with E-state index in [0.717, 1.165) is 60.3 Å². The molecular weight excluding hydrogens is 535 g/mol. The summed E-state index contributed by atoms with van der Waals surface area (Å²) in [6.07, 6.45) is 7.66. The van der Waals surface area contributed by atoms with Crippen LogP contribution >= 0.6 is 0 Å². The van der Waals surface area contributed by atoms with Gasteiger partial charge >= 0.3 is 0 Å². The molecule has 10 heteroatoms. The number of aliphatic hydroxyl groups is 1. The quantitative estimate of drug-likeness (QED) is 0.263. The molecule has 2 bridgehead atoms. The van der Waals surface area contributed by atoms with Crippen LogP contribution in [0.5, 0.6) is 0 Å². The summed E-state index contributed by atoms with van der Waals surface area (Å²) in [5.41, 5.74) is 8.58. The summed E-state index contributed by atoms with van der Waals surface area (Å²) in [6, 6.07) is 11.9. The fourth-order valence-electron chi connectivity index (χ4n) is 6.61. The minimum Gasteiger partial charge on any atom is -0.382 e. The Morgan fingerprint density at radius 3 is 2.52 bits per heavy atom. The first-order valence-corrected chi connectivity index (χ1v) is 14.2. The van der Waals surface area contributed by atoms with Crippen LogP contribution in [-0.2, 0) is 16.8 Å². The molecule has 0 atom stereocenters. The predicted octanol–water partition coefficient (Wildman–Crippen LogP) is 4.20. The molecule has 5 N–H and O–H groups in total. The minimum atomic E-state index is -1.44. The average molecular weight is 571 g/mol. The number of halogens is 1. The van der Waals surface area contributed by atoms with Crippen molar-refractivity contribution >= 4 is 23.1 Å². The van der Waals surface area contributed by atoms with Gasteiger partial charge in [0.2, 0.25) is 0 Å². The van der Waals surface area contributed by atoms with Crippen LogP contribution in [0.3, 0.4) is 0 Å². The molecule has 6 rings (SSSR count). The number of carbonyl (C=O) groups is 2. The van der Waals surface area contributed by atoms with Gasteiger partial charge in [0.15, 0.2) is 0 Å². The fraction of sp³-hybridized carbons (Fsp3) is 0.375. The van der Waals surface area contributed by atoms with Crippen LogP contribution in [0.15, 0.2) is 54.9 Å². The summed E-state index contributed by atoms with van der Waals surface area (Å²) in [7, 11) is 0. The maximum Gasteiger partial charge on any atom is 0.251 e. The lowest BCUT2D eigenvalue weighted by Gasteiger charge is -2.31. The second-order valence-corrected chi connectivity index (χ2v) is 12.4. The van der Waals surface area contributed by atoms with Gasteiger partial charge in [-0.15, -0.1) is 0 Å². The number of imidazole rings is 1. The van der Waals surface area contributed by atoms with Gasteiger partial charge in [-0.25, -0.2) is 14.4 Å². The van der Waals surface area contributed by atoms with Crippen molar-refractivity contribution in [1.29, 1.82) is 0 Å². The molecule has 2 saturated carbocycles. The zero-order valence-corrected chi connectivity index (χ0v) is 24.0. The minimum absolute atomic E-state index is 0.235. The highest BCUT2D eigenvalue weighted by Gasteiger charge is 2.58. The van der Waals surface area contributed by atoms with Crippen LogP contribution in [0.4, 0.5) is 10.2 Å².